The fourth-order valence-electron chi connectivity index (χ4n) is 3.42. The molecule has 0 spiro atoms. The van der Waals surface area contributed by atoms with Crippen molar-refractivity contribution in [2.24, 2.45) is 5.92 Å². The highest BCUT2D eigenvalue weighted by Gasteiger charge is 2.40. The number of allylic oxidation sites excluding steroid dienone is 1. The van der Waals surface area contributed by atoms with E-state index < -0.39 is 12.1 Å². The van der Waals surface area contributed by atoms with Gasteiger partial charge in [-0.3, -0.25) is 9.89 Å². The minimum Gasteiger partial charge on any atom is -0.481 e. The number of hydrogen-bond acceptors (Lipinski definition) is 5. The molecule has 25 heavy (non-hydrogen) atoms. The highest BCUT2D eigenvalue weighted by atomic mass is 16.6. The smallest absolute Gasteiger partial charge is 0.347 e. The summed E-state index contributed by atoms with van der Waals surface area (Å²) in [5.41, 5.74) is 3.04. The number of Topliss-reactive ketones (excluding diaryl/α,β-unsaturated/α-hetero) is 1. The monoisotopic (exact) mass is 338 g/mol. The molecule has 2 heterocycles. The highest BCUT2D eigenvalue weighted by molar-refractivity contribution is 6.02. The Bertz CT molecular complexity index is 912. The van der Waals surface area contributed by atoms with Crippen molar-refractivity contribution in [1.82, 2.24) is 10.2 Å². The van der Waals surface area contributed by atoms with Crippen molar-refractivity contribution in [3.8, 4) is 17.0 Å². The fourth-order valence-corrected chi connectivity index (χ4v) is 3.42. The molecule has 0 saturated heterocycles. The zero-order valence-electron chi connectivity index (χ0n) is 14.3. The molecular formula is C19H18N2O4. The van der Waals surface area contributed by atoms with Gasteiger partial charge in [0.25, 0.3) is 0 Å². The molecule has 0 amide bonds. The van der Waals surface area contributed by atoms with E-state index in [1.54, 1.807) is 19.2 Å². The molecule has 6 nitrogen and oxygen atoms in total. The molecule has 2 aromatic rings. The maximum atomic E-state index is 12.9. The Kier molecular flexibility index (Phi) is 3.49. The summed E-state index contributed by atoms with van der Waals surface area (Å²) in [5, 5.41) is 6.82. The summed E-state index contributed by atoms with van der Waals surface area (Å²) in [7, 11) is 0. The van der Waals surface area contributed by atoms with Crippen LogP contribution in [0.2, 0.25) is 0 Å². The molecule has 1 aliphatic heterocycles. The van der Waals surface area contributed by atoms with E-state index in [0.29, 0.717) is 40.3 Å². The van der Waals surface area contributed by atoms with Crippen molar-refractivity contribution < 1.29 is 19.1 Å². The number of carbonyl (C=O) groups is 2. The molecule has 1 aromatic carbocycles. The number of nitrogens with zero attached hydrogens (tertiary/aromatic N) is 1. The Balaban J connectivity index is 1.93. The van der Waals surface area contributed by atoms with E-state index in [1.807, 2.05) is 26.0 Å². The molecule has 2 aliphatic rings. The van der Waals surface area contributed by atoms with Gasteiger partial charge in [0, 0.05) is 29.7 Å². The molecule has 0 saturated carbocycles. The van der Waals surface area contributed by atoms with Crippen LogP contribution in [0.25, 0.3) is 11.3 Å². The van der Waals surface area contributed by atoms with Gasteiger partial charge in [0.05, 0.1) is 5.69 Å². The van der Waals surface area contributed by atoms with Gasteiger partial charge in [-0.25, -0.2) is 4.79 Å². The van der Waals surface area contributed by atoms with E-state index in [2.05, 4.69) is 10.2 Å². The second kappa shape index (κ2) is 5.58. The van der Waals surface area contributed by atoms with Gasteiger partial charge in [-0.15, -0.1) is 0 Å². The minimum atomic E-state index is -0.512. The van der Waals surface area contributed by atoms with Crippen LogP contribution in [0, 0.1) is 12.8 Å². The third-order valence-electron chi connectivity index (χ3n) is 4.87. The predicted molar refractivity (Wildman–Crippen MR) is 90.1 cm³/mol. The zero-order chi connectivity index (χ0) is 17.7. The molecule has 1 N–H and O–H groups in total. The lowest BCUT2D eigenvalue weighted by Gasteiger charge is -2.29. The first kappa shape index (κ1) is 15.6. The summed E-state index contributed by atoms with van der Waals surface area (Å²) in [4.78, 5) is 25.1. The summed E-state index contributed by atoms with van der Waals surface area (Å²) < 4.78 is 11.9. The van der Waals surface area contributed by atoms with Gasteiger partial charge in [0.15, 0.2) is 17.6 Å². The zero-order valence-corrected chi connectivity index (χ0v) is 14.3. The number of benzene rings is 1. The lowest BCUT2D eigenvalue weighted by Crippen LogP contribution is -2.35. The van der Waals surface area contributed by atoms with Crippen molar-refractivity contribution in [3.05, 3.63) is 46.9 Å². The van der Waals surface area contributed by atoms with Crippen LogP contribution in [0.4, 0.5) is 0 Å². The Labute approximate surface area is 144 Å². The first-order valence-corrected chi connectivity index (χ1v) is 8.23. The fraction of sp³-hybridized carbons (Fsp3) is 0.316. The molecule has 4 rings (SSSR count). The molecule has 6 heteroatoms. The van der Waals surface area contributed by atoms with E-state index >= 15 is 0 Å². The van der Waals surface area contributed by atoms with E-state index in [0.717, 1.165) is 5.56 Å². The third-order valence-corrected chi connectivity index (χ3v) is 4.87. The third kappa shape index (κ3) is 2.36. The number of rotatable bonds is 1. The molecule has 0 bridgehead atoms. The second-order valence-corrected chi connectivity index (χ2v) is 6.63. The van der Waals surface area contributed by atoms with Crippen molar-refractivity contribution in [2.45, 2.75) is 33.3 Å². The van der Waals surface area contributed by atoms with E-state index in [4.69, 9.17) is 9.47 Å². The molecule has 128 valence electrons. The molecule has 0 radical (unpaired) electrons. The average molecular weight is 338 g/mol. The topological polar surface area (TPSA) is 81.3 Å². The lowest BCUT2D eigenvalue weighted by molar-refractivity contribution is -0.118. The number of carbonyl (C=O) groups excluding carboxylic acids is 2. The number of ketones is 1. The van der Waals surface area contributed by atoms with Gasteiger partial charge in [0.2, 0.25) is 0 Å². The van der Waals surface area contributed by atoms with Gasteiger partial charge in [-0.05, 0) is 25.5 Å². The summed E-state index contributed by atoms with van der Waals surface area (Å²) in [6, 6.07) is 5.53. The van der Waals surface area contributed by atoms with Crippen molar-refractivity contribution >= 4 is 11.8 Å². The summed E-state index contributed by atoms with van der Waals surface area (Å²) >= 11 is 0. The Morgan fingerprint density at radius 3 is 2.72 bits per heavy atom. The first-order chi connectivity index (χ1) is 12.0. The molecular weight excluding hydrogens is 320 g/mol. The van der Waals surface area contributed by atoms with E-state index in [-0.39, 0.29) is 11.7 Å². The Morgan fingerprint density at radius 2 is 2.00 bits per heavy atom. The van der Waals surface area contributed by atoms with Crippen LogP contribution in [0.1, 0.15) is 36.2 Å². The number of nitrogens with one attached hydrogen (secondary N) is 1. The first-order valence-electron chi connectivity index (χ1n) is 8.23. The van der Waals surface area contributed by atoms with Crippen LogP contribution in [-0.4, -0.2) is 28.1 Å². The minimum absolute atomic E-state index is 0.00776. The number of hydrogen-bond donors (Lipinski definition) is 1. The van der Waals surface area contributed by atoms with Crippen LogP contribution in [0.3, 0.4) is 0 Å². The number of ether oxygens (including phenoxy) is 2. The Hall–Kier alpha value is -2.89. The van der Waals surface area contributed by atoms with Gasteiger partial charge in [-0.1, -0.05) is 19.1 Å². The van der Waals surface area contributed by atoms with Crippen LogP contribution in [0.5, 0.6) is 5.75 Å². The largest absolute Gasteiger partial charge is 0.481 e. The molecule has 2 atom stereocenters. The molecule has 1 aliphatic carbocycles. The number of esters is 1. The normalized spacial score (nSPS) is 22.7. The SMILES string of the molecule is CC1=C2OC(=O)c3c(-c4ccn[nH]4)ccc(C)c3OC2C(C)CC1=O. The molecule has 1 aromatic heterocycles. The molecule has 0 fully saturated rings. The second-order valence-electron chi connectivity index (χ2n) is 6.63. The Morgan fingerprint density at radius 1 is 1.20 bits per heavy atom. The lowest BCUT2D eigenvalue weighted by atomic mass is 9.86. The summed E-state index contributed by atoms with van der Waals surface area (Å²) in [6.45, 7) is 5.51. The van der Waals surface area contributed by atoms with Crippen LogP contribution < -0.4 is 4.74 Å². The standard InChI is InChI=1S/C19H18N2O4/c1-9-4-5-12(13-6-7-20-21-13)15-16(9)24-17-10(2)8-14(22)11(3)18(17)25-19(15)23/h4-7,10,17H,8H2,1-3H3,(H,20,21). The van der Waals surface area contributed by atoms with Crippen molar-refractivity contribution in [2.75, 3.05) is 0 Å². The maximum Gasteiger partial charge on any atom is 0.347 e. The van der Waals surface area contributed by atoms with Crippen LogP contribution in [-0.2, 0) is 9.53 Å². The summed E-state index contributed by atoms with van der Waals surface area (Å²) in [6.07, 6.45) is 1.56. The van der Waals surface area contributed by atoms with Gasteiger partial charge in [0.1, 0.15) is 11.3 Å². The number of aryl methyl sites for hydroxylation is 1. The average Bonchev–Trinajstić information content (AvgIpc) is 3.05. The van der Waals surface area contributed by atoms with E-state index in [1.165, 1.54) is 0 Å². The van der Waals surface area contributed by atoms with Gasteiger partial charge in [-0.2, -0.15) is 5.10 Å². The van der Waals surface area contributed by atoms with Crippen molar-refractivity contribution in [1.29, 1.82) is 0 Å². The number of aromatic nitrogens is 2. The summed E-state index contributed by atoms with van der Waals surface area (Å²) in [5.74, 6) is 0.250. The van der Waals surface area contributed by atoms with Gasteiger partial charge < -0.3 is 9.47 Å². The number of fused-ring (bicyclic) bond motifs is 2. The van der Waals surface area contributed by atoms with Crippen LogP contribution in [0.15, 0.2) is 35.7 Å². The van der Waals surface area contributed by atoms with E-state index in [9.17, 15) is 9.59 Å². The highest BCUT2D eigenvalue weighted by Crippen LogP contribution is 2.41. The van der Waals surface area contributed by atoms with Crippen molar-refractivity contribution in [3.63, 3.8) is 0 Å². The van der Waals surface area contributed by atoms with Gasteiger partial charge >= 0.3 is 5.97 Å². The quantitative estimate of drug-likeness (QED) is 0.808. The maximum absolute atomic E-state index is 12.9. The number of H-pyrrole nitrogens is 1. The predicted octanol–water partition coefficient (Wildman–Crippen LogP) is 3.19. The van der Waals surface area contributed by atoms with Crippen LogP contribution >= 0.6 is 0 Å². The number of aromatic amines is 1. The molecule has 2 unspecified atom stereocenters.